The zero-order valence-corrected chi connectivity index (χ0v) is 20.1. The number of hydrogen-bond donors (Lipinski definition) is 2. The molecule has 7 nitrogen and oxygen atoms in total. The molecule has 2 N–H and O–H groups in total. The quantitative estimate of drug-likeness (QED) is 0.367. The van der Waals surface area contributed by atoms with Crippen molar-refractivity contribution in [3.05, 3.63) is 47.5 Å². The van der Waals surface area contributed by atoms with E-state index in [4.69, 9.17) is 14.6 Å². The van der Waals surface area contributed by atoms with Crippen LogP contribution in [0.4, 0.5) is 0 Å². The fourth-order valence-electron chi connectivity index (χ4n) is 4.98. The fourth-order valence-corrected chi connectivity index (χ4v) is 4.98. The third kappa shape index (κ3) is 8.19. The highest BCUT2D eigenvalue weighted by Gasteiger charge is 2.45. The maximum atomic E-state index is 10.9. The fraction of sp³-hybridized carbons (Fsp3) is 0.654. The molecule has 1 aromatic carbocycles. The Kier molecular flexibility index (Phi) is 10.3. The van der Waals surface area contributed by atoms with Gasteiger partial charge < -0.3 is 24.6 Å². The first-order chi connectivity index (χ1) is 15.9. The second-order valence-corrected chi connectivity index (χ2v) is 9.50. The second kappa shape index (κ2) is 13.2. The summed E-state index contributed by atoms with van der Waals surface area (Å²) in [5, 5.41) is 19.8. The Morgan fingerprint density at radius 3 is 2.55 bits per heavy atom. The lowest BCUT2D eigenvalue weighted by Crippen LogP contribution is -2.50. The molecule has 0 radical (unpaired) electrons. The molecule has 4 atom stereocenters. The number of unbranched alkanes of at least 4 members (excludes halogenated alkanes) is 1. The Morgan fingerprint density at radius 2 is 1.88 bits per heavy atom. The molecule has 3 rings (SSSR count). The van der Waals surface area contributed by atoms with Gasteiger partial charge in [-0.1, -0.05) is 36.4 Å². The Balaban J connectivity index is 1.60. The van der Waals surface area contributed by atoms with Crippen molar-refractivity contribution >= 4 is 5.97 Å². The number of carboxylic acid groups (broad SMARTS) is 1. The number of hydrogen-bond acceptors (Lipinski definition) is 6. The summed E-state index contributed by atoms with van der Waals surface area (Å²) in [5.74, 6) is -0.556. The van der Waals surface area contributed by atoms with Gasteiger partial charge in [0, 0.05) is 44.4 Å². The van der Waals surface area contributed by atoms with E-state index in [2.05, 4.69) is 60.3 Å². The number of nitrogens with zero attached hydrogens (tertiary/aromatic N) is 2. The smallest absolute Gasteiger partial charge is 0.303 e. The number of carboxylic acids is 1. The van der Waals surface area contributed by atoms with Crippen LogP contribution in [0.25, 0.3) is 0 Å². The molecule has 1 aromatic rings. The van der Waals surface area contributed by atoms with Crippen LogP contribution in [0.1, 0.15) is 43.2 Å². The molecule has 7 heteroatoms. The number of aliphatic hydroxyl groups excluding tert-OH is 1. The minimum absolute atomic E-state index is 0.0158. The van der Waals surface area contributed by atoms with Crippen molar-refractivity contribution in [2.24, 2.45) is 5.92 Å². The lowest BCUT2D eigenvalue weighted by atomic mass is 9.94. The van der Waals surface area contributed by atoms with Crippen LogP contribution in [0, 0.1) is 5.92 Å². The van der Waals surface area contributed by atoms with Gasteiger partial charge >= 0.3 is 5.97 Å². The van der Waals surface area contributed by atoms with Crippen LogP contribution in [0.3, 0.4) is 0 Å². The summed E-state index contributed by atoms with van der Waals surface area (Å²) in [5.41, 5.74) is 2.42. The Bertz CT molecular complexity index is 746. The maximum absolute atomic E-state index is 10.9. The van der Waals surface area contributed by atoms with Crippen LogP contribution >= 0.6 is 0 Å². The van der Waals surface area contributed by atoms with Gasteiger partial charge in [0.05, 0.1) is 32.0 Å². The average molecular weight is 461 g/mol. The summed E-state index contributed by atoms with van der Waals surface area (Å²) in [6.07, 6.45) is 6.84. The molecule has 1 aliphatic heterocycles. The summed E-state index contributed by atoms with van der Waals surface area (Å²) in [6.45, 7) is 4.52. The number of rotatable bonds is 12. The Morgan fingerprint density at radius 1 is 1.18 bits per heavy atom. The van der Waals surface area contributed by atoms with Gasteiger partial charge in [-0.2, -0.15) is 0 Å². The van der Waals surface area contributed by atoms with Crippen LogP contribution in [0.5, 0.6) is 0 Å². The molecule has 2 fully saturated rings. The minimum Gasteiger partial charge on any atom is -0.481 e. The third-order valence-corrected chi connectivity index (χ3v) is 6.57. The molecule has 0 amide bonds. The van der Waals surface area contributed by atoms with E-state index in [9.17, 15) is 9.90 Å². The van der Waals surface area contributed by atoms with Crippen LogP contribution < -0.4 is 0 Å². The number of aliphatic carboxylic acids is 1. The van der Waals surface area contributed by atoms with Crippen LogP contribution in [-0.2, 0) is 27.4 Å². The molecule has 1 saturated heterocycles. The molecular formula is C26H40N2O5. The largest absolute Gasteiger partial charge is 0.481 e. The molecule has 33 heavy (non-hydrogen) atoms. The predicted octanol–water partition coefficient (Wildman–Crippen LogP) is 2.92. The van der Waals surface area contributed by atoms with Crippen molar-refractivity contribution in [1.82, 2.24) is 9.80 Å². The van der Waals surface area contributed by atoms with Gasteiger partial charge in [0.1, 0.15) is 0 Å². The summed E-state index contributed by atoms with van der Waals surface area (Å²) < 4.78 is 11.9. The molecule has 0 unspecified atom stereocenters. The number of morpholine rings is 1. The van der Waals surface area contributed by atoms with Crippen molar-refractivity contribution in [3.63, 3.8) is 0 Å². The lowest BCUT2D eigenvalue weighted by molar-refractivity contribution is -0.137. The van der Waals surface area contributed by atoms with Gasteiger partial charge in [-0.05, 0) is 44.5 Å². The number of carbonyl (C=O) groups is 1. The van der Waals surface area contributed by atoms with Crippen LogP contribution in [0.2, 0.25) is 0 Å². The SMILES string of the molecule is CN(C)Cc1ccc(CO[C@H]2C[C@@H](O)[C@H](N3CCOCC3)[C@H]2C/C=C\CCCC(=O)O)cc1. The summed E-state index contributed by atoms with van der Waals surface area (Å²) >= 11 is 0. The summed E-state index contributed by atoms with van der Waals surface area (Å²) in [6, 6.07) is 8.61. The first-order valence-corrected chi connectivity index (χ1v) is 12.1. The molecular weight excluding hydrogens is 420 g/mol. The monoisotopic (exact) mass is 460 g/mol. The normalized spacial score (nSPS) is 26.4. The number of ether oxygens (including phenoxy) is 2. The van der Waals surface area contributed by atoms with Gasteiger partial charge in [-0.25, -0.2) is 0 Å². The van der Waals surface area contributed by atoms with E-state index in [1.54, 1.807) is 0 Å². The molecule has 0 spiro atoms. The highest BCUT2D eigenvalue weighted by Crippen LogP contribution is 2.36. The van der Waals surface area contributed by atoms with Crippen molar-refractivity contribution < 1.29 is 24.5 Å². The summed E-state index contributed by atoms with van der Waals surface area (Å²) in [7, 11) is 4.13. The van der Waals surface area contributed by atoms with E-state index in [-0.39, 0.29) is 24.5 Å². The highest BCUT2D eigenvalue weighted by atomic mass is 16.5. The summed E-state index contributed by atoms with van der Waals surface area (Å²) in [4.78, 5) is 15.2. The average Bonchev–Trinajstić information content (AvgIpc) is 3.10. The van der Waals surface area contributed by atoms with Crippen LogP contribution in [-0.4, -0.2) is 84.6 Å². The van der Waals surface area contributed by atoms with E-state index >= 15 is 0 Å². The van der Waals surface area contributed by atoms with E-state index in [0.29, 0.717) is 32.7 Å². The molecule has 2 aliphatic rings. The predicted molar refractivity (Wildman–Crippen MR) is 128 cm³/mol. The second-order valence-electron chi connectivity index (χ2n) is 9.50. The highest BCUT2D eigenvalue weighted by molar-refractivity contribution is 5.66. The van der Waals surface area contributed by atoms with Crippen molar-refractivity contribution in [1.29, 1.82) is 0 Å². The lowest BCUT2D eigenvalue weighted by Gasteiger charge is -2.37. The van der Waals surface area contributed by atoms with Gasteiger partial charge in [0.25, 0.3) is 0 Å². The first kappa shape index (κ1) is 25.8. The van der Waals surface area contributed by atoms with Gasteiger partial charge in [0.2, 0.25) is 0 Å². The van der Waals surface area contributed by atoms with E-state index in [1.165, 1.54) is 5.56 Å². The number of benzene rings is 1. The molecule has 0 bridgehead atoms. The third-order valence-electron chi connectivity index (χ3n) is 6.57. The van der Waals surface area contributed by atoms with Gasteiger partial charge in [0.15, 0.2) is 0 Å². The minimum atomic E-state index is -0.752. The molecule has 0 aromatic heterocycles. The van der Waals surface area contributed by atoms with Crippen molar-refractivity contribution in [2.45, 2.75) is 63.5 Å². The van der Waals surface area contributed by atoms with E-state index in [0.717, 1.165) is 38.0 Å². The number of aliphatic hydroxyl groups is 1. The Hall–Kier alpha value is -1.77. The topological polar surface area (TPSA) is 82.5 Å². The van der Waals surface area contributed by atoms with Crippen molar-refractivity contribution in [2.75, 3.05) is 40.4 Å². The van der Waals surface area contributed by atoms with E-state index in [1.807, 2.05) is 0 Å². The van der Waals surface area contributed by atoms with Gasteiger partial charge in [-0.15, -0.1) is 0 Å². The zero-order valence-electron chi connectivity index (χ0n) is 20.1. The van der Waals surface area contributed by atoms with Crippen molar-refractivity contribution in [3.8, 4) is 0 Å². The molecule has 1 aliphatic carbocycles. The molecule has 184 valence electrons. The molecule has 1 saturated carbocycles. The standard InChI is InChI=1S/C26H40N2O5/c1-27(2)18-20-9-11-21(12-10-20)19-33-24-17-23(29)26(28-13-15-32-16-14-28)22(24)7-5-3-4-6-8-25(30)31/h3,5,9-12,22-24,26,29H,4,6-8,13-19H2,1-2H3,(H,30,31)/b5-3-/t22-,23+,24-,26+/m0/s1. The van der Waals surface area contributed by atoms with Crippen LogP contribution in [0.15, 0.2) is 36.4 Å². The Labute approximate surface area is 198 Å². The van der Waals surface area contributed by atoms with Gasteiger partial charge in [-0.3, -0.25) is 9.69 Å². The number of allylic oxidation sites excluding steroid dienone is 2. The zero-order chi connectivity index (χ0) is 23.6. The first-order valence-electron chi connectivity index (χ1n) is 12.1. The maximum Gasteiger partial charge on any atom is 0.303 e. The molecule has 1 heterocycles. The van der Waals surface area contributed by atoms with E-state index < -0.39 is 12.1 Å².